The van der Waals surface area contributed by atoms with Gasteiger partial charge in [0.1, 0.15) is 0 Å². The molecule has 1 aliphatic heterocycles. The third-order valence-electron chi connectivity index (χ3n) is 5.17. The van der Waals surface area contributed by atoms with E-state index in [0.717, 1.165) is 29.8 Å². The fourth-order valence-corrected chi connectivity index (χ4v) is 4.20. The topological polar surface area (TPSA) is 94.1 Å². The number of carbonyl (C=O) groups is 1. The SMILES string of the molecule is CN=C(NCc1ccc(N2CCCC2=O)cc1)NCc1ccc(S(=O)(=O)N(C)C)cc1. The van der Waals surface area contributed by atoms with Gasteiger partial charge in [0.15, 0.2) is 5.96 Å². The van der Waals surface area contributed by atoms with Crippen molar-refractivity contribution in [1.82, 2.24) is 14.9 Å². The second-order valence-electron chi connectivity index (χ2n) is 7.53. The van der Waals surface area contributed by atoms with E-state index in [-0.39, 0.29) is 10.8 Å². The molecule has 9 heteroatoms. The Labute approximate surface area is 184 Å². The molecule has 8 nitrogen and oxygen atoms in total. The number of amides is 1. The molecule has 0 unspecified atom stereocenters. The van der Waals surface area contributed by atoms with Crippen LogP contribution in [0.3, 0.4) is 0 Å². The highest BCUT2D eigenvalue weighted by Crippen LogP contribution is 2.21. The molecule has 1 aliphatic rings. The van der Waals surface area contributed by atoms with Crippen molar-refractivity contribution in [2.24, 2.45) is 4.99 Å². The lowest BCUT2D eigenvalue weighted by Gasteiger charge is -2.16. The van der Waals surface area contributed by atoms with E-state index in [4.69, 9.17) is 0 Å². The van der Waals surface area contributed by atoms with Crippen LogP contribution in [0, 0.1) is 0 Å². The Hall–Kier alpha value is -2.91. The summed E-state index contributed by atoms with van der Waals surface area (Å²) in [5, 5.41) is 6.49. The molecule has 31 heavy (non-hydrogen) atoms. The lowest BCUT2D eigenvalue weighted by Crippen LogP contribution is -2.36. The van der Waals surface area contributed by atoms with Crippen LogP contribution in [0.2, 0.25) is 0 Å². The Morgan fingerprint density at radius 3 is 2.00 bits per heavy atom. The zero-order chi connectivity index (χ0) is 22.4. The van der Waals surface area contributed by atoms with E-state index in [1.54, 1.807) is 31.3 Å². The van der Waals surface area contributed by atoms with E-state index < -0.39 is 10.0 Å². The molecular weight excluding hydrogens is 414 g/mol. The highest BCUT2D eigenvalue weighted by Gasteiger charge is 2.21. The van der Waals surface area contributed by atoms with Crippen LogP contribution in [0.25, 0.3) is 0 Å². The molecule has 166 valence electrons. The first-order valence-electron chi connectivity index (χ1n) is 10.2. The van der Waals surface area contributed by atoms with Crippen LogP contribution in [0.4, 0.5) is 5.69 Å². The molecule has 1 amide bonds. The summed E-state index contributed by atoms with van der Waals surface area (Å²) in [6.07, 6.45) is 1.54. The van der Waals surface area contributed by atoms with Crippen LogP contribution in [0.15, 0.2) is 58.4 Å². The molecule has 1 saturated heterocycles. The van der Waals surface area contributed by atoms with E-state index in [9.17, 15) is 13.2 Å². The first-order valence-corrected chi connectivity index (χ1v) is 11.6. The van der Waals surface area contributed by atoms with Crippen LogP contribution in [0.1, 0.15) is 24.0 Å². The third-order valence-corrected chi connectivity index (χ3v) is 7.00. The Kier molecular flexibility index (Phi) is 7.29. The molecule has 3 rings (SSSR count). The number of anilines is 1. The maximum atomic E-state index is 12.1. The highest BCUT2D eigenvalue weighted by molar-refractivity contribution is 7.89. The van der Waals surface area contributed by atoms with Gasteiger partial charge in [-0.05, 0) is 41.8 Å². The van der Waals surface area contributed by atoms with Gasteiger partial charge >= 0.3 is 0 Å². The van der Waals surface area contributed by atoms with Gasteiger partial charge in [-0.3, -0.25) is 9.79 Å². The average molecular weight is 444 g/mol. The molecule has 0 aliphatic carbocycles. The predicted molar refractivity (Wildman–Crippen MR) is 122 cm³/mol. The monoisotopic (exact) mass is 443 g/mol. The second-order valence-corrected chi connectivity index (χ2v) is 9.68. The highest BCUT2D eigenvalue weighted by atomic mass is 32.2. The first kappa shape index (κ1) is 22.8. The third kappa shape index (κ3) is 5.62. The summed E-state index contributed by atoms with van der Waals surface area (Å²) in [7, 11) is 1.30. The number of benzene rings is 2. The van der Waals surface area contributed by atoms with Crippen molar-refractivity contribution >= 4 is 27.6 Å². The number of sulfonamides is 1. The lowest BCUT2D eigenvalue weighted by molar-refractivity contribution is -0.117. The first-order chi connectivity index (χ1) is 14.8. The molecule has 2 aromatic rings. The van der Waals surface area contributed by atoms with Crippen LogP contribution in [0.5, 0.6) is 0 Å². The maximum absolute atomic E-state index is 12.1. The van der Waals surface area contributed by atoms with E-state index in [2.05, 4.69) is 15.6 Å². The molecular formula is C22H29N5O3S. The van der Waals surface area contributed by atoms with Gasteiger partial charge in [0.25, 0.3) is 0 Å². The Bertz CT molecular complexity index is 1030. The number of carbonyl (C=O) groups excluding carboxylic acids is 1. The van der Waals surface area contributed by atoms with Crippen molar-refractivity contribution in [1.29, 1.82) is 0 Å². The van der Waals surface area contributed by atoms with Crippen molar-refractivity contribution in [2.75, 3.05) is 32.6 Å². The van der Waals surface area contributed by atoms with Crippen LogP contribution >= 0.6 is 0 Å². The van der Waals surface area contributed by atoms with Gasteiger partial charge in [-0.25, -0.2) is 12.7 Å². The second kappa shape index (κ2) is 9.93. The van der Waals surface area contributed by atoms with Gasteiger partial charge in [0.05, 0.1) is 4.90 Å². The number of aliphatic imine (C=N–C) groups is 1. The van der Waals surface area contributed by atoms with Crippen LogP contribution < -0.4 is 15.5 Å². The van der Waals surface area contributed by atoms with Crippen LogP contribution in [-0.4, -0.2) is 52.3 Å². The summed E-state index contributed by atoms with van der Waals surface area (Å²) in [5.41, 5.74) is 2.96. The zero-order valence-corrected chi connectivity index (χ0v) is 18.9. The number of rotatable bonds is 7. The minimum atomic E-state index is -3.43. The van der Waals surface area contributed by atoms with Gasteiger partial charge in [-0.15, -0.1) is 0 Å². The quantitative estimate of drug-likeness (QED) is 0.504. The Morgan fingerprint density at radius 2 is 1.55 bits per heavy atom. The minimum absolute atomic E-state index is 0.183. The molecule has 0 bridgehead atoms. The predicted octanol–water partition coefficient (Wildman–Crippen LogP) is 1.93. The van der Waals surface area contributed by atoms with Crippen molar-refractivity contribution in [3.05, 3.63) is 59.7 Å². The van der Waals surface area contributed by atoms with Crippen molar-refractivity contribution in [3.8, 4) is 0 Å². The summed E-state index contributed by atoms with van der Waals surface area (Å²) >= 11 is 0. The summed E-state index contributed by atoms with van der Waals surface area (Å²) in [4.78, 5) is 18.2. The maximum Gasteiger partial charge on any atom is 0.242 e. The van der Waals surface area contributed by atoms with E-state index in [0.29, 0.717) is 25.5 Å². The fraction of sp³-hybridized carbons (Fsp3) is 0.364. The van der Waals surface area contributed by atoms with E-state index in [1.807, 2.05) is 29.2 Å². The van der Waals surface area contributed by atoms with E-state index >= 15 is 0 Å². The summed E-state index contributed by atoms with van der Waals surface area (Å²) < 4.78 is 25.5. The molecule has 1 heterocycles. The van der Waals surface area contributed by atoms with Crippen molar-refractivity contribution < 1.29 is 13.2 Å². The summed E-state index contributed by atoms with van der Waals surface area (Å²) in [5.74, 6) is 0.826. The molecule has 0 atom stereocenters. The molecule has 1 fully saturated rings. The van der Waals surface area contributed by atoms with Crippen LogP contribution in [-0.2, 0) is 27.9 Å². The summed E-state index contributed by atoms with van der Waals surface area (Å²) in [6.45, 7) is 1.89. The molecule has 0 spiro atoms. The number of hydrogen-bond donors (Lipinski definition) is 2. The van der Waals surface area contributed by atoms with Gasteiger partial charge in [0.2, 0.25) is 15.9 Å². The number of nitrogens with one attached hydrogen (secondary N) is 2. The molecule has 0 aromatic heterocycles. The number of hydrogen-bond acceptors (Lipinski definition) is 4. The van der Waals surface area contributed by atoms with Gasteiger partial charge in [-0.1, -0.05) is 24.3 Å². The Morgan fingerprint density at radius 1 is 1.00 bits per heavy atom. The van der Waals surface area contributed by atoms with Gasteiger partial charge in [0, 0.05) is 52.9 Å². The van der Waals surface area contributed by atoms with Crippen molar-refractivity contribution in [3.63, 3.8) is 0 Å². The Balaban J connectivity index is 1.51. The molecule has 2 aromatic carbocycles. The smallest absolute Gasteiger partial charge is 0.242 e. The van der Waals surface area contributed by atoms with Gasteiger partial charge in [-0.2, -0.15) is 0 Å². The number of nitrogens with zero attached hydrogens (tertiary/aromatic N) is 3. The lowest BCUT2D eigenvalue weighted by atomic mass is 10.2. The normalized spacial score (nSPS) is 14.9. The largest absolute Gasteiger partial charge is 0.352 e. The van der Waals surface area contributed by atoms with Gasteiger partial charge < -0.3 is 15.5 Å². The molecule has 0 saturated carbocycles. The molecule has 0 radical (unpaired) electrons. The van der Waals surface area contributed by atoms with E-state index in [1.165, 1.54) is 18.4 Å². The average Bonchev–Trinajstić information content (AvgIpc) is 3.20. The summed E-state index contributed by atoms with van der Waals surface area (Å²) in [6, 6.07) is 14.7. The molecule has 2 N–H and O–H groups in total. The standard InChI is InChI=1S/C22H29N5O3S/c1-23-22(25-16-18-8-12-20(13-9-18)31(29,30)26(2)3)24-15-17-6-10-19(11-7-17)27-14-4-5-21(27)28/h6-13H,4-5,14-16H2,1-3H3,(H2,23,24,25). The van der Waals surface area contributed by atoms with Crippen molar-refractivity contribution in [2.45, 2.75) is 30.8 Å². The fourth-order valence-electron chi connectivity index (χ4n) is 3.30. The zero-order valence-electron chi connectivity index (χ0n) is 18.1. The minimum Gasteiger partial charge on any atom is -0.352 e. The number of guanidine groups is 1.